The van der Waals surface area contributed by atoms with Crippen LogP contribution in [-0.4, -0.2) is 19.9 Å². The molecule has 0 atom stereocenters. The van der Waals surface area contributed by atoms with Crippen molar-refractivity contribution in [2.24, 2.45) is 0 Å². The highest BCUT2D eigenvalue weighted by Crippen LogP contribution is 2.44. The van der Waals surface area contributed by atoms with Crippen molar-refractivity contribution in [3.63, 3.8) is 0 Å². The molecule has 0 amide bonds. The number of aromatic amines is 2. The van der Waals surface area contributed by atoms with Crippen molar-refractivity contribution in [2.75, 3.05) is 0 Å². The smallest absolute Gasteiger partial charge is 0.136 e. The zero-order valence-electron chi connectivity index (χ0n) is 19.9. The number of H-pyrrole nitrogens is 2. The summed E-state index contributed by atoms with van der Waals surface area (Å²) in [4.78, 5) is 15.4. The summed E-state index contributed by atoms with van der Waals surface area (Å²) in [5, 5.41) is 2.50. The van der Waals surface area contributed by atoms with Crippen LogP contribution >= 0.6 is 0 Å². The predicted molar refractivity (Wildman–Crippen MR) is 142 cm³/mol. The number of furan rings is 2. The van der Waals surface area contributed by atoms with Gasteiger partial charge in [0.25, 0.3) is 0 Å². The van der Waals surface area contributed by atoms with Gasteiger partial charge < -0.3 is 14.4 Å². The molecule has 5 aromatic rings. The molecule has 0 unspecified atom stereocenters. The number of nitrogens with one attached hydrogen (secondary N) is 2. The van der Waals surface area contributed by atoms with Crippen LogP contribution in [0, 0.1) is 13.8 Å². The molecule has 7 rings (SSSR count). The van der Waals surface area contributed by atoms with Crippen LogP contribution in [0.4, 0.5) is 0 Å². The molecule has 0 saturated heterocycles. The number of aryl methyl sites for hydroxylation is 2. The molecule has 2 N–H and O–H groups in total. The second kappa shape index (κ2) is 7.70. The van der Waals surface area contributed by atoms with Crippen LogP contribution < -0.4 is 0 Å². The molecule has 0 radical (unpaired) electrons. The number of hydrogen-bond acceptors (Lipinski definition) is 3. The van der Waals surface area contributed by atoms with Gasteiger partial charge in [-0.1, -0.05) is 36.4 Å². The van der Waals surface area contributed by atoms with Crippen molar-refractivity contribution in [1.82, 2.24) is 19.9 Å². The van der Waals surface area contributed by atoms with E-state index in [2.05, 4.69) is 68.5 Å². The maximum absolute atomic E-state index is 6.20. The Morgan fingerprint density at radius 1 is 0.600 bits per heavy atom. The van der Waals surface area contributed by atoms with E-state index in [1.54, 1.807) is 0 Å². The summed E-state index contributed by atoms with van der Waals surface area (Å²) in [6.45, 7) is 3.99. The first kappa shape index (κ1) is 20.3. The number of hydrogen-bond donors (Lipinski definition) is 2. The third-order valence-electron chi connectivity index (χ3n) is 7.39. The Hall–Kier alpha value is -4.12. The van der Waals surface area contributed by atoms with Crippen LogP contribution in [0.5, 0.6) is 0 Å². The Balaban J connectivity index is 1.29. The number of rotatable bonds is 4. The number of aromatic nitrogens is 4. The quantitative estimate of drug-likeness (QED) is 0.291. The zero-order valence-corrected chi connectivity index (χ0v) is 19.9. The molecule has 0 saturated carbocycles. The lowest BCUT2D eigenvalue weighted by molar-refractivity contribution is 0.678. The van der Waals surface area contributed by atoms with Gasteiger partial charge in [-0.15, -0.1) is 0 Å². The first-order valence-corrected chi connectivity index (χ1v) is 12.3. The van der Waals surface area contributed by atoms with E-state index >= 15 is 0 Å². The Morgan fingerprint density at radius 3 is 1.40 bits per heavy atom. The Labute approximate surface area is 203 Å². The highest BCUT2D eigenvalue weighted by molar-refractivity contribution is 6.16. The summed E-state index contributed by atoms with van der Waals surface area (Å²) in [7, 11) is 0. The SMILES string of the molecule is Cc1ncc(C2=CC=C(c3ccc(C4=CC=C(c5cnc(C)[nH]5)CC4)c4c5ccc(o5)c34)CC2)[nH]1. The zero-order chi connectivity index (χ0) is 23.5. The lowest BCUT2D eigenvalue weighted by Crippen LogP contribution is -1.98. The van der Waals surface area contributed by atoms with E-state index in [1.807, 2.05) is 26.2 Å². The molecule has 2 aliphatic carbocycles. The van der Waals surface area contributed by atoms with Gasteiger partial charge in [-0.3, -0.25) is 0 Å². The lowest BCUT2D eigenvalue weighted by atomic mass is 9.85. The standard InChI is InChI=1S/C30H26N4O/c1-17-31-15-25(33-17)21-7-3-19(4-8-21)23-11-12-24(30-28-14-13-27(35-28)29(23)30)20-5-9-22(10-6-20)26-16-32-18(2)34-26/h3,5,7,9,11-16H,4,6,8,10H2,1-2H3,(H,31,33)(H,32,34). The van der Waals surface area contributed by atoms with E-state index in [9.17, 15) is 0 Å². The van der Waals surface area contributed by atoms with Gasteiger partial charge >= 0.3 is 0 Å². The molecular formula is C30H26N4O. The third-order valence-corrected chi connectivity index (χ3v) is 7.39. The molecule has 1 aromatic carbocycles. The predicted octanol–water partition coefficient (Wildman–Crippen LogP) is 7.61. The van der Waals surface area contributed by atoms with Gasteiger partial charge in [0.1, 0.15) is 22.8 Å². The summed E-state index contributed by atoms with van der Waals surface area (Å²) in [6, 6.07) is 8.81. The molecule has 5 nitrogen and oxygen atoms in total. The Bertz CT molecular complexity index is 1590. The van der Waals surface area contributed by atoms with Crippen molar-refractivity contribution in [3.05, 3.63) is 95.1 Å². The first-order chi connectivity index (χ1) is 17.1. The van der Waals surface area contributed by atoms with Crippen LogP contribution in [0.2, 0.25) is 0 Å². The van der Waals surface area contributed by atoms with E-state index in [0.29, 0.717) is 0 Å². The van der Waals surface area contributed by atoms with E-state index < -0.39 is 0 Å². The van der Waals surface area contributed by atoms with Gasteiger partial charge in [-0.2, -0.15) is 0 Å². The summed E-state index contributed by atoms with van der Waals surface area (Å²) in [5.41, 5.74) is 12.1. The topological polar surface area (TPSA) is 70.5 Å². The molecule has 172 valence electrons. The van der Waals surface area contributed by atoms with Gasteiger partial charge in [-0.05, 0) is 85.1 Å². The minimum Gasteiger partial charge on any atom is -0.456 e. The van der Waals surface area contributed by atoms with Crippen LogP contribution in [0.1, 0.15) is 59.8 Å². The molecule has 0 aliphatic heterocycles. The summed E-state index contributed by atoms with van der Waals surface area (Å²) in [6.07, 6.45) is 16.9. The van der Waals surface area contributed by atoms with Gasteiger partial charge in [0.15, 0.2) is 0 Å². The fourth-order valence-electron chi connectivity index (χ4n) is 5.60. The van der Waals surface area contributed by atoms with Crippen LogP contribution in [0.15, 0.2) is 65.4 Å². The van der Waals surface area contributed by atoms with Crippen molar-refractivity contribution in [3.8, 4) is 0 Å². The summed E-state index contributed by atoms with van der Waals surface area (Å²) in [5.74, 6) is 1.91. The highest BCUT2D eigenvalue weighted by atomic mass is 16.3. The molecule has 35 heavy (non-hydrogen) atoms. The molecule has 2 bridgehead atoms. The molecule has 2 aliphatic rings. The monoisotopic (exact) mass is 458 g/mol. The van der Waals surface area contributed by atoms with Gasteiger partial charge in [0.05, 0.1) is 23.8 Å². The van der Waals surface area contributed by atoms with Gasteiger partial charge in [0.2, 0.25) is 0 Å². The molecule has 4 aromatic heterocycles. The molecular weight excluding hydrogens is 432 g/mol. The summed E-state index contributed by atoms with van der Waals surface area (Å²) < 4.78 is 6.20. The van der Waals surface area contributed by atoms with Gasteiger partial charge in [-0.25, -0.2) is 9.97 Å². The molecule has 0 spiro atoms. The Morgan fingerprint density at radius 2 is 1.03 bits per heavy atom. The lowest BCUT2D eigenvalue weighted by Gasteiger charge is -2.18. The average molecular weight is 459 g/mol. The fourth-order valence-corrected chi connectivity index (χ4v) is 5.60. The van der Waals surface area contributed by atoms with Crippen LogP contribution in [0.25, 0.3) is 44.2 Å². The maximum Gasteiger partial charge on any atom is 0.136 e. The number of imidazole rings is 2. The normalized spacial score (nSPS) is 16.5. The van der Waals surface area contributed by atoms with Crippen molar-refractivity contribution >= 4 is 44.2 Å². The van der Waals surface area contributed by atoms with E-state index in [-0.39, 0.29) is 0 Å². The second-order valence-electron chi connectivity index (χ2n) is 9.61. The van der Waals surface area contributed by atoms with E-state index in [4.69, 9.17) is 4.42 Å². The second-order valence-corrected chi connectivity index (χ2v) is 9.61. The van der Waals surface area contributed by atoms with Crippen molar-refractivity contribution in [1.29, 1.82) is 0 Å². The Kier molecular flexibility index (Phi) is 4.46. The fraction of sp³-hybridized carbons (Fsp3) is 0.200. The minimum atomic E-state index is 0.955. The van der Waals surface area contributed by atoms with E-state index in [1.165, 1.54) is 44.2 Å². The number of nitrogens with zero attached hydrogens (tertiary/aromatic N) is 2. The van der Waals surface area contributed by atoms with Crippen LogP contribution in [-0.2, 0) is 0 Å². The average Bonchev–Trinajstić information content (AvgIpc) is 3.69. The van der Waals surface area contributed by atoms with Gasteiger partial charge in [0, 0.05) is 10.8 Å². The number of allylic oxidation sites excluding steroid dienone is 8. The highest BCUT2D eigenvalue weighted by Gasteiger charge is 2.22. The molecule has 0 fully saturated rings. The number of benzene rings is 2. The van der Waals surface area contributed by atoms with Crippen molar-refractivity contribution < 1.29 is 4.42 Å². The molecule has 5 heteroatoms. The largest absolute Gasteiger partial charge is 0.456 e. The summed E-state index contributed by atoms with van der Waals surface area (Å²) >= 11 is 0. The molecule has 4 heterocycles. The first-order valence-electron chi connectivity index (χ1n) is 12.3. The number of fused-ring (bicyclic) bond motifs is 5. The van der Waals surface area contributed by atoms with Crippen LogP contribution in [0.3, 0.4) is 0 Å². The third kappa shape index (κ3) is 3.30. The van der Waals surface area contributed by atoms with Crippen molar-refractivity contribution in [2.45, 2.75) is 39.5 Å². The van der Waals surface area contributed by atoms with E-state index in [0.717, 1.165) is 59.9 Å². The maximum atomic E-state index is 6.20. The minimum absolute atomic E-state index is 0.955.